The SMILES string of the molecule is CN1C[C@H](COC(=O)C23CCC(CC2)CNC3)CC2c3cccc4[nH]c(Br)c(c34)C[C@H]21. The minimum atomic E-state index is -0.279. The average molecular weight is 486 g/mol. The van der Waals surface area contributed by atoms with Gasteiger partial charge in [0, 0.05) is 41.9 Å². The third-order valence-electron chi connectivity index (χ3n) is 8.73. The van der Waals surface area contributed by atoms with Crippen molar-refractivity contribution in [3.05, 3.63) is 33.9 Å². The van der Waals surface area contributed by atoms with Crippen LogP contribution in [0, 0.1) is 17.3 Å². The van der Waals surface area contributed by atoms with Gasteiger partial charge in [0.15, 0.2) is 0 Å². The number of fused-ring (bicyclic) bond motifs is 6. The smallest absolute Gasteiger partial charge is 0.313 e. The molecule has 6 heteroatoms. The highest BCUT2D eigenvalue weighted by Gasteiger charge is 2.46. The fourth-order valence-electron chi connectivity index (χ4n) is 6.97. The minimum Gasteiger partial charge on any atom is -0.465 e. The molecule has 2 N–H and O–H groups in total. The molecule has 5 nitrogen and oxygen atoms in total. The molecule has 2 bridgehead atoms. The number of ether oxygens (including phenoxy) is 1. The number of likely N-dealkylation sites (N-methyl/N-ethyl adjacent to an activating group) is 1. The van der Waals surface area contributed by atoms with Crippen LogP contribution in [0.2, 0.25) is 0 Å². The summed E-state index contributed by atoms with van der Waals surface area (Å²) in [6.07, 6.45) is 6.48. The molecule has 4 fully saturated rings. The topological polar surface area (TPSA) is 57.4 Å². The third-order valence-corrected chi connectivity index (χ3v) is 9.40. The number of rotatable bonds is 3. The van der Waals surface area contributed by atoms with Crippen molar-refractivity contribution in [2.75, 3.05) is 33.3 Å². The molecule has 3 saturated heterocycles. The van der Waals surface area contributed by atoms with Crippen LogP contribution in [0.5, 0.6) is 0 Å². The van der Waals surface area contributed by atoms with Crippen molar-refractivity contribution in [3.8, 4) is 0 Å². The maximum absolute atomic E-state index is 13.2. The molecule has 0 radical (unpaired) electrons. The summed E-state index contributed by atoms with van der Waals surface area (Å²) in [6, 6.07) is 7.16. The molecular weight excluding hydrogens is 454 g/mol. The van der Waals surface area contributed by atoms with Crippen molar-refractivity contribution in [1.29, 1.82) is 0 Å². The van der Waals surface area contributed by atoms with Crippen LogP contribution in [-0.4, -0.2) is 55.2 Å². The van der Waals surface area contributed by atoms with Gasteiger partial charge in [0.25, 0.3) is 0 Å². The Morgan fingerprint density at radius 2 is 2.16 bits per heavy atom. The number of nitrogens with one attached hydrogen (secondary N) is 2. The monoisotopic (exact) mass is 485 g/mol. The highest BCUT2D eigenvalue weighted by Crippen LogP contribution is 2.47. The van der Waals surface area contributed by atoms with Gasteiger partial charge in [-0.05, 0) is 91.2 Å². The lowest BCUT2D eigenvalue weighted by Crippen LogP contribution is -2.49. The molecule has 5 aliphatic rings. The van der Waals surface area contributed by atoms with Crippen LogP contribution in [-0.2, 0) is 16.0 Å². The number of hydrogen-bond donors (Lipinski definition) is 2. The van der Waals surface area contributed by atoms with Crippen LogP contribution in [0.4, 0.5) is 0 Å². The van der Waals surface area contributed by atoms with Crippen LogP contribution < -0.4 is 5.32 Å². The normalized spacial score (nSPS) is 35.0. The second-order valence-corrected chi connectivity index (χ2v) is 11.4. The number of hydrogen-bond acceptors (Lipinski definition) is 4. The number of benzene rings is 1. The first-order valence-corrected chi connectivity index (χ1v) is 12.7. The zero-order valence-corrected chi connectivity index (χ0v) is 19.8. The first kappa shape index (κ1) is 20.3. The summed E-state index contributed by atoms with van der Waals surface area (Å²) in [5.74, 6) is 1.68. The molecular formula is C25H32BrN3O2. The Bertz CT molecular complexity index is 1000. The van der Waals surface area contributed by atoms with Gasteiger partial charge in [0.1, 0.15) is 0 Å². The minimum absolute atomic E-state index is 0.0488. The molecule has 1 unspecified atom stereocenters. The lowest BCUT2D eigenvalue weighted by atomic mass is 9.71. The van der Waals surface area contributed by atoms with Crippen LogP contribution in [0.1, 0.15) is 49.1 Å². The molecule has 4 heterocycles. The summed E-state index contributed by atoms with van der Waals surface area (Å²) in [5, 5.41) is 4.92. The van der Waals surface area contributed by atoms with E-state index in [2.05, 4.69) is 56.4 Å². The number of carbonyl (C=O) groups is 1. The van der Waals surface area contributed by atoms with E-state index in [9.17, 15) is 4.79 Å². The summed E-state index contributed by atoms with van der Waals surface area (Å²) >= 11 is 3.75. The molecule has 31 heavy (non-hydrogen) atoms. The van der Waals surface area contributed by atoms with Gasteiger partial charge in [0.2, 0.25) is 0 Å². The van der Waals surface area contributed by atoms with Crippen molar-refractivity contribution < 1.29 is 9.53 Å². The molecule has 0 amide bonds. The number of aromatic amines is 1. The maximum atomic E-state index is 13.2. The highest BCUT2D eigenvalue weighted by molar-refractivity contribution is 9.10. The first-order valence-electron chi connectivity index (χ1n) is 11.9. The summed E-state index contributed by atoms with van der Waals surface area (Å²) in [5.41, 5.74) is 3.82. The Morgan fingerprint density at radius 1 is 1.32 bits per heavy atom. The van der Waals surface area contributed by atoms with Crippen molar-refractivity contribution in [2.45, 2.75) is 50.5 Å². The zero-order valence-electron chi connectivity index (χ0n) is 18.3. The molecule has 2 aromatic rings. The second-order valence-electron chi connectivity index (χ2n) is 10.6. The summed E-state index contributed by atoms with van der Waals surface area (Å²) in [7, 11) is 2.24. The van der Waals surface area contributed by atoms with Crippen molar-refractivity contribution in [2.24, 2.45) is 17.3 Å². The molecule has 7 rings (SSSR count). The van der Waals surface area contributed by atoms with Crippen LogP contribution in [0.15, 0.2) is 22.8 Å². The molecule has 1 saturated carbocycles. The van der Waals surface area contributed by atoms with E-state index < -0.39 is 0 Å². The number of H-pyrrole nitrogens is 1. The maximum Gasteiger partial charge on any atom is 0.313 e. The third kappa shape index (κ3) is 3.28. The zero-order chi connectivity index (χ0) is 21.2. The molecule has 3 atom stereocenters. The lowest BCUT2D eigenvalue weighted by Gasteiger charge is -2.45. The van der Waals surface area contributed by atoms with E-state index in [1.807, 2.05) is 0 Å². The van der Waals surface area contributed by atoms with Gasteiger partial charge in [-0.3, -0.25) is 4.79 Å². The predicted octanol–water partition coefficient (Wildman–Crippen LogP) is 4.21. The van der Waals surface area contributed by atoms with E-state index in [1.165, 1.54) is 22.0 Å². The molecule has 0 spiro atoms. The van der Waals surface area contributed by atoms with E-state index in [1.54, 1.807) is 0 Å². The summed E-state index contributed by atoms with van der Waals surface area (Å²) in [6.45, 7) is 3.41. The summed E-state index contributed by atoms with van der Waals surface area (Å²) < 4.78 is 7.18. The van der Waals surface area contributed by atoms with Crippen LogP contribution in [0.25, 0.3) is 10.9 Å². The number of piperidine rings is 1. The first-order chi connectivity index (χ1) is 15.0. The number of aromatic nitrogens is 1. The number of esters is 1. The Balaban J connectivity index is 1.19. The Labute approximate surface area is 192 Å². The quantitative estimate of drug-likeness (QED) is 0.639. The number of carbonyl (C=O) groups excluding carboxylic acids is 1. The van der Waals surface area contributed by atoms with Gasteiger partial charge in [-0.15, -0.1) is 0 Å². The molecule has 2 aliphatic carbocycles. The van der Waals surface area contributed by atoms with Gasteiger partial charge >= 0.3 is 5.97 Å². The van der Waals surface area contributed by atoms with Crippen LogP contribution in [0.3, 0.4) is 0 Å². The fourth-order valence-corrected chi connectivity index (χ4v) is 7.54. The van der Waals surface area contributed by atoms with Gasteiger partial charge in [-0.2, -0.15) is 0 Å². The Morgan fingerprint density at radius 3 is 3.00 bits per heavy atom. The lowest BCUT2D eigenvalue weighted by molar-refractivity contribution is -0.159. The van der Waals surface area contributed by atoms with E-state index in [4.69, 9.17) is 4.74 Å². The largest absolute Gasteiger partial charge is 0.465 e. The fraction of sp³-hybridized carbons (Fsp3) is 0.640. The number of halogens is 1. The van der Waals surface area contributed by atoms with Crippen molar-refractivity contribution in [3.63, 3.8) is 0 Å². The van der Waals surface area contributed by atoms with Crippen molar-refractivity contribution in [1.82, 2.24) is 15.2 Å². The molecule has 1 aromatic carbocycles. The second kappa shape index (κ2) is 7.60. The van der Waals surface area contributed by atoms with Gasteiger partial charge in [-0.25, -0.2) is 0 Å². The van der Waals surface area contributed by atoms with E-state index in [-0.39, 0.29) is 11.4 Å². The van der Waals surface area contributed by atoms with Crippen LogP contribution >= 0.6 is 15.9 Å². The van der Waals surface area contributed by atoms with E-state index in [0.717, 1.165) is 68.7 Å². The highest BCUT2D eigenvalue weighted by atomic mass is 79.9. The standard InChI is InChI=1S/C25H32BrN3O2/c1-29-12-16(13-31-24(30)25-7-5-15(6-8-25)11-27-14-25)9-18-17-3-2-4-20-22(17)19(10-21(18)29)23(26)28-20/h2-4,15-16,18,21,27-28H,5-14H2,1H3/t15?,16-,18?,21-,25?/m1/s1. The summed E-state index contributed by atoms with van der Waals surface area (Å²) in [4.78, 5) is 19.2. The number of likely N-dealkylation sites (tertiary alicyclic amines) is 1. The Hall–Kier alpha value is -1.37. The number of nitrogens with zero attached hydrogens (tertiary/aromatic N) is 1. The molecule has 3 aliphatic heterocycles. The van der Waals surface area contributed by atoms with E-state index in [0.29, 0.717) is 24.5 Å². The Kier molecular flexibility index (Phi) is 4.96. The predicted molar refractivity (Wildman–Crippen MR) is 125 cm³/mol. The van der Waals surface area contributed by atoms with Crippen molar-refractivity contribution >= 4 is 32.8 Å². The average Bonchev–Trinajstić information content (AvgIpc) is 2.94. The van der Waals surface area contributed by atoms with Gasteiger partial charge in [-0.1, -0.05) is 12.1 Å². The van der Waals surface area contributed by atoms with Gasteiger partial charge < -0.3 is 19.9 Å². The molecule has 166 valence electrons. The van der Waals surface area contributed by atoms with E-state index >= 15 is 0 Å². The van der Waals surface area contributed by atoms with Gasteiger partial charge in [0.05, 0.1) is 16.6 Å². The molecule has 1 aromatic heterocycles.